The van der Waals surface area contributed by atoms with Gasteiger partial charge in [-0.05, 0) is 44.4 Å². The molecule has 0 unspecified atom stereocenters. The fraction of sp³-hybridized carbons (Fsp3) is 0.524. The number of piperidine rings is 1. The summed E-state index contributed by atoms with van der Waals surface area (Å²) in [6.07, 6.45) is 1.92. The van der Waals surface area contributed by atoms with Crippen molar-refractivity contribution in [3.05, 3.63) is 29.8 Å². The highest BCUT2D eigenvalue weighted by molar-refractivity contribution is 5.96. The molecule has 30 heavy (non-hydrogen) atoms. The number of nitrogens with zero attached hydrogens (tertiary/aromatic N) is 1. The number of anilines is 1. The number of hydrogen-bond donors (Lipinski definition) is 3. The Kier molecular flexibility index (Phi) is 9.11. The fourth-order valence-electron chi connectivity index (χ4n) is 3.22. The van der Waals surface area contributed by atoms with Crippen molar-refractivity contribution in [2.75, 3.05) is 31.6 Å². The van der Waals surface area contributed by atoms with Gasteiger partial charge >= 0.3 is 6.09 Å². The standard InChI is InChI=1S/C21H30N4O5/c1-3-30-21(29)25-12-9-17(10-13-25)24-19(27)8-5-11-22-20(28)16-6-4-7-18(14-16)23-15(2)26/h4,6-7,14,17H,3,5,8-13H2,1-2H3,(H,22,28)(H,23,26)(H,24,27). The summed E-state index contributed by atoms with van der Waals surface area (Å²) in [4.78, 5) is 48.8. The average Bonchev–Trinajstić information content (AvgIpc) is 2.71. The summed E-state index contributed by atoms with van der Waals surface area (Å²) in [5.74, 6) is -0.523. The summed E-state index contributed by atoms with van der Waals surface area (Å²) in [5.41, 5.74) is 1.00. The number of nitrogens with one attached hydrogen (secondary N) is 3. The van der Waals surface area contributed by atoms with Gasteiger partial charge in [0.15, 0.2) is 0 Å². The zero-order chi connectivity index (χ0) is 21.9. The van der Waals surface area contributed by atoms with E-state index in [0.717, 1.165) is 0 Å². The summed E-state index contributed by atoms with van der Waals surface area (Å²) >= 11 is 0. The molecule has 0 atom stereocenters. The number of ether oxygens (including phenoxy) is 1. The maximum Gasteiger partial charge on any atom is 0.409 e. The highest BCUT2D eigenvalue weighted by Gasteiger charge is 2.24. The monoisotopic (exact) mass is 418 g/mol. The molecule has 1 heterocycles. The third-order valence-corrected chi connectivity index (χ3v) is 4.70. The molecule has 0 spiro atoms. The molecular weight excluding hydrogens is 388 g/mol. The van der Waals surface area contributed by atoms with Gasteiger partial charge < -0.3 is 25.6 Å². The molecule has 1 aliphatic rings. The van der Waals surface area contributed by atoms with Crippen LogP contribution >= 0.6 is 0 Å². The van der Waals surface area contributed by atoms with E-state index < -0.39 is 0 Å². The van der Waals surface area contributed by atoms with Crippen molar-refractivity contribution >= 4 is 29.5 Å². The van der Waals surface area contributed by atoms with Crippen LogP contribution in [0.4, 0.5) is 10.5 Å². The first-order valence-electron chi connectivity index (χ1n) is 10.3. The molecule has 0 aromatic heterocycles. The smallest absolute Gasteiger partial charge is 0.409 e. The van der Waals surface area contributed by atoms with Crippen molar-refractivity contribution in [1.82, 2.24) is 15.5 Å². The molecule has 3 N–H and O–H groups in total. The van der Waals surface area contributed by atoms with E-state index in [2.05, 4.69) is 16.0 Å². The second kappa shape index (κ2) is 11.8. The Morgan fingerprint density at radius 3 is 2.57 bits per heavy atom. The Balaban J connectivity index is 1.64. The minimum Gasteiger partial charge on any atom is -0.450 e. The van der Waals surface area contributed by atoms with Gasteiger partial charge in [-0.1, -0.05) is 6.07 Å². The Morgan fingerprint density at radius 1 is 1.17 bits per heavy atom. The molecule has 2 rings (SSSR count). The Bertz CT molecular complexity index is 760. The van der Waals surface area contributed by atoms with Crippen LogP contribution in [0.15, 0.2) is 24.3 Å². The van der Waals surface area contributed by atoms with Crippen LogP contribution in [0.1, 0.15) is 49.9 Å². The molecule has 1 aliphatic heterocycles. The molecule has 9 nitrogen and oxygen atoms in total. The van der Waals surface area contributed by atoms with Crippen molar-refractivity contribution in [1.29, 1.82) is 0 Å². The van der Waals surface area contributed by atoms with Crippen LogP contribution in [0.5, 0.6) is 0 Å². The topological polar surface area (TPSA) is 117 Å². The second-order valence-electron chi connectivity index (χ2n) is 7.15. The van der Waals surface area contributed by atoms with Crippen LogP contribution in [-0.4, -0.2) is 61.0 Å². The van der Waals surface area contributed by atoms with Crippen molar-refractivity contribution in [3.63, 3.8) is 0 Å². The normalized spacial score (nSPS) is 14.0. The zero-order valence-corrected chi connectivity index (χ0v) is 17.5. The summed E-state index contributed by atoms with van der Waals surface area (Å²) < 4.78 is 4.98. The summed E-state index contributed by atoms with van der Waals surface area (Å²) in [5, 5.41) is 8.40. The maximum atomic E-state index is 12.2. The van der Waals surface area contributed by atoms with Gasteiger partial charge in [-0.25, -0.2) is 4.79 Å². The number of amides is 4. The maximum absolute atomic E-state index is 12.2. The number of likely N-dealkylation sites (tertiary alicyclic amines) is 1. The van der Waals surface area contributed by atoms with Crippen molar-refractivity contribution in [2.45, 2.75) is 45.6 Å². The van der Waals surface area contributed by atoms with E-state index in [4.69, 9.17) is 4.74 Å². The van der Waals surface area contributed by atoms with Gasteiger partial charge in [-0.2, -0.15) is 0 Å². The lowest BCUT2D eigenvalue weighted by Gasteiger charge is -2.31. The highest BCUT2D eigenvalue weighted by atomic mass is 16.6. The third kappa shape index (κ3) is 7.73. The quantitative estimate of drug-likeness (QED) is 0.558. The largest absolute Gasteiger partial charge is 0.450 e. The Morgan fingerprint density at radius 2 is 1.90 bits per heavy atom. The SMILES string of the molecule is CCOC(=O)N1CCC(NC(=O)CCCNC(=O)c2cccc(NC(C)=O)c2)CC1. The molecule has 0 saturated carbocycles. The van der Waals surface area contributed by atoms with Crippen LogP contribution in [-0.2, 0) is 14.3 Å². The molecule has 164 valence electrons. The number of carbonyl (C=O) groups excluding carboxylic acids is 4. The molecule has 1 fully saturated rings. The lowest BCUT2D eigenvalue weighted by atomic mass is 10.1. The van der Waals surface area contributed by atoms with E-state index >= 15 is 0 Å². The van der Waals surface area contributed by atoms with Crippen molar-refractivity contribution in [2.24, 2.45) is 0 Å². The molecule has 9 heteroatoms. The average molecular weight is 418 g/mol. The molecule has 1 saturated heterocycles. The molecule has 1 aromatic carbocycles. The number of carbonyl (C=O) groups is 4. The van der Waals surface area contributed by atoms with Crippen LogP contribution in [0.2, 0.25) is 0 Å². The van der Waals surface area contributed by atoms with Gasteiger partial charge in [-0.3, -0.25) is 14.4 Å². The highest BCUT2D eigenvalue weighted by Crippen LogP contribution is 2.12. The minimum atomic E-state index is -0.305. The first-order chi connectivity index (χ1) is 14.4. The zero-order valence-electron chi connectivity index (χ0n) is 17.5. The summed E-state index contributed by atoms with van der Waals surface area (Å²) in [6, 6.07) is 6.72. The van der Waals surface area contributed by atoms with Gasteiger partial charge in [0.2, 0.25) is 11.8 Å². The molecule has 0 radical (unpaired) electrons. The number of hydrogen-bond acceptors (Lipinski definition) is 5. The fourth-order valence-corrected chi connectivity index (χ4v) is 3.22. The Hall–Kier alpha value is -3.10. The molecule has 1 aromatic rings. The van der Waals surface area contributed by atoms with Crippen LogP contribution in [0.25, 0.3) is 0 Å². The van der Waals surface area contributed by atoms with Crippen molar-refractivity contribution in [3.8, 4) is 0 Å². The summed E-state index contributed by atoms with van der Waals surface area (Å²) in [7, 11) is 0. The van der Waals surface area contributed by atoms with Gasteiger partial charge in [-0.15, -0.1) is 0 Å². The minimum absolute atomic E-state index is 0.0503. The van der Waals surface area contributed by atoms with Gasteiger partial charge in [0.25, 0.3) is 5.91 Å². The van der Waals surface area contributed by atoms with E-state index in [0.29, 0.717) is 63.2 Å². The van der Waals surface area contributed by atoms with Gasteiger partial charge in [0, 0.05) is 50.3 Å². The molecule has 4 amide bonds. The van der Waals surface area contributed by atoms with E-state index in [1.54, 1.807) is 36.1 Å². The number of rotatable bonds is 8. The third-order valence-electron chi connectivity index (χ3n) is 4.70. The lowest BCUT2D eigenvalue weighted by molar-refractivity contribution is -0.122. The number of benzene rings is 1. The lowest BCUT2D eigenvalue weighted by Crippen LogP contribution is -2.46. The Labute approximate surface area is 176 Å². The molecule has 0 bridgehead atoms. The van der Waals surface area contributed by atoms with Gasteiger partial charge in [0.1, 0.15) is 0 Å². The molecule has 0 aliphatic carbocycles. The first kappa shape index (κ1) is 23.2. The van der Waals surface area contributed by atoms with Crippen LogP contribution in [0, 0.1) is 0 Å². The van der Waals surface area contributed by atoms with Crippen molar-refractivity contribution < 1.29 is 23.9 Å². The van der Waals surface area contributed by atoms with E-state index in [-0.39, 0.29) is 29.9 Å². The van der Waals surface area contributed by atoms with Crippen LogP contribution in [0.3, 0.4) is 0 Å². The van der Waals surface area contributed by atoms with E-state index in [1.807, 2.05) is 0 Å². The predicted octanol–water partition coefficient (Wildman–Crippen LogP) is 1.89. The first-order valence-corrected chi connectivity index (χ1v) is 10.3. The van der Waals surface area contributed by atoms with Crippen LogP contribution < -0.4 is 16.0 Å². The van der Waals surface area contributed by atoms with E-state index in [1.165, 1.54) is 6.92 Å². The second-order valence-corrected chi connectivity index (χ2v) is 7.15. The summed E-state index contributed by atoms with van der Waals surface area (Å²) in [6.45, 7) is 5.04. The predicted molar refractivity (Wildman–Crippen MR) is 112 cm³/mol. The van der Waals surface area contributed by atoms with E-state index in [9.17, 15) is 19.2 Å². The van der Waals surface area contributed by atoms with Gasteiger partial charge in [0.05, 0.1) is 6.61 Å². The molecular formula is C21H30N4O5.